The molecule has 6 nitrogen and oxygen atoms in total. The molecule has 1 atom stereocenters. The number of aromatic nitrogens is 2. The second kappa shape index (κ2) is 7.73. The lowest BCUT2D eigenvalue weighted by molar-refractivity contribution is -0.116. The number of hydrogen-bond acceptors (Lipinski definition) is 5. The number of hydrogen-bond donors (Lipinski definition) is 1. The number of sulfone groups is 1. The van der Waals surface area contributed by atoms with Crippen molar-refractivity contribution in [3.05, 3.63) is 65.7 Å². The fourth-order valence-corrected chi connectivity index (χ4v) is 5.56. The Morgan fingerprint density at radius 1 is 1.21 bits per heavy atom. The second-order valence-electron chi connectivity index (χ2n) is 6.63. The largest absolute Gasteiger partial charge is 0.349 e. The number of rotatable bonds is 5. The van der Waals surface area contributed by atoms with Crippen LogP contribution in [-0.2, 0) is 14.6 Å². The minimum atomic E-state index is -3.02. The Balaban J connectivity index is 1.57. The molecular weight excluding hydrogens is 394 g/mol. The molecule has 1 fully saturated rings. The molecule has 1 N–H and O–H groups in total. The van der Waals surface area contributed by atoms with E-state index in [0.29, 0.717) is 6.42 Å². The predicted octanol–water partition coefficient (Wildman–Crippen LogP) is 2.92. The molecule has 1 aliphatic heterocycles. The zero-order valence-corrected chi connectivity index (χ0v) is 16.6. The van der Waals surface area contributed by atoms with Crippen LogP contribution in [0.15, 0.2) is 60.1 Å². The van der Waals surface area contributed by atoms with Gasteiger partial charge in [-0.15, -0.1) is 11.3 Å². The van der Waals surface area contributed by atoms with Crippen LogP contribution in [0.5, 0.6) is 0 Å². The molecule has 144 valence electrons. The predicted molar refractivity (Wildman–Crippen MR) is 111 cm³/mol. The molecule has 0 spiro atoms. The zero-order valence-electron chi connectivity index (χ0n) is 15.0. The van der Waals surface area contributed by atoms with Crippen molar-refractivity contribution < 1.29 is 13.2 Å². The highest BCUT2D eigenvalue weighted by Crippen LogP contribution is 2.28. The molecule has 1 unspecified atom stereocenters. The number of carbonyl (C=O) groups is 1. The fourth-order valence-electron chi connectivity index (χ4n) is 3.15. The van der Waals surface area contributed by atoms with Gasteiger partial charge < -0.3 is 5.32 Å². The summed E-state index contributed by atoms with van der Waals surface area (Å²) in [6.07, 6.45) is 5.51. The number of nitrogens with one attached hydrogen (secondary N) is 1. The quantitative estimate of drug-likeness (QED) is 0.652. The van der Waals surface area contributed by atoms with Gasteiger partial charge in [0.15, 0.2) is 9.84 Å². The minimum absolute atomic E-state index is 0.0129. The summed E-state index contributed by atoms with van der Waals surface area (Å²) >= 11 is 1.58. The van der Waals surface area contributed by atoms with Crippen molar-refractivity contribution in [2.75, 3.05) is 11.5 Å². The summed E-state index contributed by atoms with van der Waals surface area (Å²) in [6, 6.07) is 13.4. The Morgan fingerprint density at radius 2 is 2.04 bits per heavy atom. The number of benzene rings is 1. The van der Waals surface area contributed by atoms with E-state index < -0.39 is 9.84 Å². The normalized spacial score (nSPS) is 18.5. The van der Waals surface area contributed by atoms with E-state index >= 15 is 0 Å². The lowest BCUT2D eigenvalue weighted by atomic mass is 10.2. The standard InChI is InChI=1S/C20H19N3O3S2/c24-19(21-16-10-12-28(25,26)14-16)9-8-15-13-23(17-5-2-1-3-6-17)22-20(15)18-7-4-11-27-18/h1-9,11,13,16H,10,12,14H2,(H,21,24). The van der Waals surface area contributed by atoms with Crippen LogP contribution >= 0.6 is 11.3 Å². The summed E-state index contributed by atoms with van der Waals surface area (Å²) in [5.74, 6) is -0.154. The average molecular weight is 414 g/mol. The Morgan fingerprint density at radius 3 is 2.71 bits per heavy atom. The molecule has 8 heteroatoms. The van der Waals surface area contributed by atoms with Crippen LogP contribution in [0.3, 0.4) is 0 Å². The highest BCUT2D eigenvalue weighted by molar-refractivity contribution is 7.91. The van der Waals surface area contributed by atoms with E-state index in [9.17, 15) is 13.2 Å². The van der Waals surface area contributed by atoms with E-state index in [1.54, 1.807) is 22.1 Å². The molecule has 1 saturated heterocycles. The molecule has 3 heterocycles. The van der Waals surface area contributed by atoms with Gasteiger partial charge >= 0.3 is 0 Å². The second-order valence-corrected chi connectivity index (χ2v) is 9.81. The van der Waals surface area contributed by atoms with Crippen LogP contribution in [0.25, 0.3) is 22.3 Å². The zero-order chi connectivity index (χ0) is 19.6. The number of carbonyl (C=O) groups excluding carboxylic acids is 1. The van der Waals surface area contributed by atoms with Gasteiger partial charge in [-0.05, 0) is 36.1 Å². The van der Waals surface area contributed by atoms with Crippen LogP contribution in [0.2, 0.25) is 0 Å². The molecule has 1 aromatic carbocycles. The first-order chi connectivity index (χ1) is 13.5. The maximum atomic E-state index is 12.2. The number of nitrogens with zero attached hydrogens (tertiary/aromatic N) is 2. The van der Waals surface area contributed by atoms with Crippen LogP contribution in [0.4, 0.5) is 0 Å². The molecule has 0 radical (unpaired) electrons. The highest BCUT2D eigenvalue weighted by Gasteiger charge is 2.28. The van der Waals surface area contributed by atoms with Crippen molar-refractivity contribution in [2.24, 2.45) is 0 Å². The van der Waals surface area contributed by atoms with Crippen molar-refractivity contribution >= 4 is 33.2 Å². The molecule has 2 aromatic heterocycles. The van der Waals surface area contributed by atoms with E-state index in [0.717, 1.165) is 21.8 Å². The van der Waals surface area contributed by atoms with Gasteiger partial charge in [0.25, 0.3) is 0 Å². The third kappa shape index (κ3) is 4.23. The van der Waals surface area contributed by atoms with Gasteiger partial charge in [0.05, 0.1) is 22.1 Å². The van der Waals surface area contributed by atoms with Crippen LogP contribution < -0.4 is 5.32 Å². The third-order valence-corrected chi connectivity index (χ3v) is 7.16. The molecule has 0 aliphatic carbocycles. The number of amides is 1. The molecule has 0 bridgehead atoms. The van der Waals surface area contributed by atoms with Crippen LogP contribution in [0.1, 0.15) is 12.0 Å². The maximum absolute atomic E-state index is 12.2. The maximum Gasteiger partial charge on any atom is 0.244 e. The van der Waals surface area contributed by atoms with E-state index in [1.807, 2.05) is 54.0 Å². The van der Waals surface area contributed by atoms with Gasteiger partial charge in [-0.1, -0.05) is 24.3 Å². The minimum Gasteiger partial charge on any atom is -0.349 e. The summed E-state index contributed by atoms with van der Waals surface area (Å²) in [4.78, 5) is 13.3. The molecule has 1 aliphatic rings. The Hall–Kier alpha value is -2.71. The van der Waals surface area contributed by atoms with Gasteiger partial charge in [0.2, 0.25) is 5.91 Å². The van der Waals surface area contributed by atoms with E-state index in [-0.39, 0.29) is 23.5 Å². The Bertz CT molecular complexity index is 1100. The first-order valence-corrected chi connectivity index (χ1v) is 11.6. The van der Waals surface area contributed by atoms with Crippen molar-refractivity contribution in [3.63, 3.8) is 0 Å². The molecule has 28 heavy (non-hydrogen) atoms. The van der Waals surface area contributed by atoms with Gasteiger partial charge in [-0.2, -0.15) is 5.10 Å². The van der Waals surface area contributed by atoms with Crippen molar-refractivity contribution in [1.82, 2.24) is 15.1 Å². The summed E-state index contributed by atoms with van der Waals surface area (Å²) < 4.78 is 24.9. The number of thiophene rings is 1. The van der Waals surface area contributed by atoms with Crippen LogP contribution in [-0.4, -0.2) is 41.7 Å². The smallest absolute Gasteiger partial charge is 0.244 e. The van der Waals surface area contributed by atoms with Crippen molar-refractivity contribution in [2.45, 2.75) is 12.5 Å². The SMILES string of the molecule is O=C(C=Cc1cn(-c2ccccc2)nc1-c1cccs1)NC1CCS(=O)(=O)C1. The van der Waals surface area contributed by atoms with Gasteiger partial charge in [0.1, 0.15) is 5.69 Å². The van der Waals surface area contributed by atoms with Gasteiger partial charge in [-0.25, -0.2) is 13.1 Å². The molecular formula is C20H19N3O3S2. The number of para-hydroxylation sites is 1. The van der Waals surface area contributed by atoms with Crippen LogP contribution in [0, 0.1) is 0 Å². The van der Waals surface area contributed by atoms with E-state index in [2.05, 4.69) is 10.4 Å². The summed E-state index contributed by atoms with van der Waals surface area (Å²) in [5, 5.41) is 9.44. The topological polar surface area (TPSA) is 81.1 Å². The van der Waals surface area contributed by atoms with E-state index in [4.69, 9.17) is 0 Å². The van der Waals surface area contributed by atoms with Crippen molar-refractivity contribution in [1.29, 1.82) is 0 Å². The molecule has 3 aromatic rings. The lowest BCUT2D eigenvalue weighted by Gasteiger charge is -2.07. The monoisotopic (exact) mass is 413 g/mol. The average Bonchev–Trinajstić information content (AvgIpc) is 3.40. The molecule has 1 amide bonds. The first-order valence-electron chi connectivity index (χ1n) is 8.88. The van der Waals surface area contributed by atoms with Gasteiger partial charge in [-0.3, -0.25) is 4.79 Å². The van der Waals surface area contributed by atoms with Gasteiger partial charge in [0, 0.05) is 23.9 Å². The molecule has 0 saturated carbocycles. The third-order valence-electron chi connectivity index (χ3n) is 4.51. The Labute approximate surface area is 167 Å². The summed E-state index contributed by atoms with van der Waals surface area (Å²) in [7, 11) is -3.02. The lowest BCUT2D eigenvalue weighted by Crippen LogP contribution is -2.34. The first kappa shape index (κ1) is 18.6. The molecule has 4 rings (SSSR count). The summed E-state index contributed by atoms with van der Waals surface area (Å²) in [6.45, 7) is 0. The van der Waals surface area contributed by atoms with E-state index in [1.165, 1.54) is 6.08 Å². The highest BCUT2D eigenvalue weighted by atomic mass is 32.2. The fraction of sp³-hybridized carbons (Fsp3) is 0.200. The Kier molecular flexibility index (Phi) is 5.15. The van der Waals surface area contributed by atoms with Crippen molar-refractivity contribution in [3.8, 4) is 16.3 Å². The summed E-state index contributed by atoms with van der Waals surface area (Å²) in [5.41, 5.74) is 2.55.